The van der Waals surface area contributed by atoms with Gasteiger partial charge in [0.2, 0.25) is 5.91 Å². The summed E-state index contributed by atoms with van der Waals surface area (Å²) < 4.78 is 0. The zero-order chi connectivity index (χ0) is 15.0. The number of hydrogen-bond acceptors (Lipinski definition) is 3. The first-order chi connectivity index (χ1) is 9.58. The first kappa shape index (κ1) is 15.7. The Morgan fingerprint density at radius 2 is 2.15 bits per heavy atom. The van der Waals surface area contributed by atoms with Crippen molar-refractivity contribution in [2.75, 3.05) is 13.2 Å². The standard InChI is InChI=1S/C15H18N2O3/c1-3-16-14(19)11(2)17-15(20)13-8-4-6-12(10-13)7-5-9-18/h4,6,8,10-11,18H,3,9H2,1-2H3,(H,16,19)(H,17,20). The van der Waals surface area contributed by atoms with Crippen molar-refractivity contribution in [2.24, 2.45) is 0 Å². The summed E-state index contributed by atoms with van der Waals surface area (Å²) in [5.41, 5.74) is 1.06. The van der Waals surface area contributed by atoms with E-state index in [4.69, 9.17) is 5.11 Å². The Balaban J connectivity index is 2.75. The maximum atomic E-state index is 12.0. The van der Waals surface area contributed by atoms with Crippen LogP contribution in [-0.4, -0.2) is 36.1 Å². The second-order valence-corrected chi connectivity index (χ2v) is 4.13. The highest BCUT2D eigenvalue weighted by Crippen LogP contribution is 2.04. The largest absolute Gasteiger partial charge is 0.384 e. The monoisotopic (exact) mass is 274 g/mol. The van der Waals surface area contributed by atoms with Crippen LogP contribution in [0.25, 0.3) is 0 Å². The van der Waals surface area contributed by atoms with Crippen molar-refractivity contribution < 1.29 is 14.7 Å². The number of amides is 2. The minimum atomic E-state index is -0.602. The highest BCUT2D eigenvalue weighted by molar-refractivity contribution is 5.97. The number of benzene rings is 1. The second-order valence-electron chi connectivity index (χ2n) is 4.13. The maximum Gasteiger partial charge on any atom is 0.251 e. The fourth-order valence-electron chi connectivity index (χ4n) is 1.55. The topological polar surface area (TPSA) is 78.4 Å². The van der Waals surface area contributed by atoms with E-state index in [0.717, 1.165) is 0 Å². The second kappa shape index (κ2) is 7.97. The predicted octanol–water partition coefficient (Wildman–Crippen LogP) is 0.285. The minimum Gasteiger partial charge on any atom is -0.384 e. The van der Waals surface area contributed by atoms with E-state index in [9.17, 15) is 9.59 Å². The van der Waals surface area contributed by atoms with E-state index in [1.807, 2.05) is 6.92 Å². The Morgan fingerprint density at radius 1 is 1.40 bits per heavy atom. The van der Waals surface area contributed by atoms with E-state index >= 15 is 0 Å². The van der Waals surface area contributed by atoms with Gasteiger partial charge < -0.3 is 15.7 Å². The summed E-state index contributed by atoms with van der Waals surface area (Å²) in [7, 11) is 0. The Kier molecular flexibility index (Phi) is 6.27. The zero-order valence-corrected chi connectivity index (χ0v) is 11.6. The number of aliphatic hydroxyl groups is 1. The van der Waals surface area contributed by atoms with E-state index in [0.29, 0.717) is 17.7 Å². The molecule has 0 aliphatic rings. The average molecular weight is 274 g/mol. The van der Waals surface area contributed by atoms with Crippen molar-refractivity contribution in [3.63, 3.8) is 0 Å². The fourth-order valence-corrected chi connectivity index (χ4v) is 1.55. The molecule has 0 radical (unpaired) electrons. The van der Waals surface area contributed by atoms with Crippen LogP contribution in [-0.2, 0) is 4.79 Å². The molecular weight excluding hydrogens is 256 g/mol. The highest BCUT2D eigenvalue weighted by Gasteiger charge is 2.15. The molecule has 1 rings (SSSR count). The maximum absolute atomic E-state index is 12.0. The summed E-state index contributed by atoms with van der Waals surface area (Å²) in [6.45, 7) is 3.73. The molecule has 0 bridgehead atoms. The number of hydrogen-bond donors (Lipinski definition) is 3. The van der Waals surface area contributed by atoms with Crippen molar-refractivity contribution in [3.05, 3.63) is 35.4 Å². The Hall–Kier alpha value is -2.32. The summed E-state index contributed by atoms with van der Waals surface area (Å²) in [4.78, 5) is 23.5. The van der Waals surface area contributed by atoms with Gasteiger partial charge in [0.25, 0.3) is 5.91 Å². The van der Waals surface area contributed by atoms with Gasteiger partial charge in [-0.15, -0.1) is 0 Å². The number of carbonyl (C=O) groups is 2. The fraction of sp³-hybridized carbons (Fsp3) is 0.333. The first-order valence-electron chi connectivity index (χ1n) is 6.36. The smallest absolute Gasteiger partial charge is 0.251 e. The molecule has 106 valence electrons. The SMILES string of the molecule is CCNC(=O)C(C)NC(=O)c1cccc(C#CCO)c1. The molecule has 5 nitrogen and oxygen atoms in total. The van der Waals surface area contributed by atoms with Crippen LogP contribution in [0.3, 0.4) is 0 Å². The Labute approximate surface area is 118 Å². The molecule has 1 unspecified atom stereocenters. The minimum absolute atomic E-state index is 0.225. The Bertz CT molecular complexity index is 544. The van der Waals surface area contributed by atoms with Crippen LogP contribution in [0, 0.1) is 11.8 Å². The van der Waals surface area contributed by atoms with Crippen LogP contribution in [0.2, 0.25) is 0 Å². The lowest BCUT2D eigenvalue weighted by Gasteiger charge is -2.13. The molecule has 0 aliphatic heterocycles. The van der Waals surface area contributed by atoms with Gasteiger partial charge in [-0.2, -0.15) is 0 Å². The molecule has 5 heteroatoms. The van der Waals surface area contributed by atoms with Crippen molar-refractivity contribution in [2.45, 2.75) is 19.9 Å². The predicted molar refractivity (Wildman–Crippen MR) is 76.0 cm³/mol. The quantitative estimate of drug-likeness (QED) is 0.690. The van der Waals surface area contributed by atoms with Crippen LogP contribution in [0.5, 0.6) is 0 Å². The number of likely N-dealkylation sites (N-methyl/N-ethyl adjacent to an activating group) is 1. The van der Waals surface area contributed by atoms with Crippen LogP contribution < -0.4 is 10.6 Å². The molecule has 0 fully saturated rings. The normalized spacial score (nSPS) is 10.9. The van der Waals surface area contributed by atoms with Crippen LogP contribution in [0.1, 0.15) is 29.8 Å². The summed E-state index contributed by atoms with van der Waals surface area (Å²) in [5.74, 6) is 4.68. The van der Waals surface area contributed by atoms with Gasteiger partial charge in [0.1, 0.15) is 12.6 Å². The number of carbonyl (C=O) groups excluding carboxylic acids is 2. The third-order valence-electron chi connectivity index (χ3n) is 2.53. The highest BCUT2D eigenvalue weighted by atomic mass is 16.2. The molecule has 0 saturated heterocycles. The molecule has 1 aromatic rings. The zero-order valence-electron chi connectivity index (χ0n) is 11.6. The van der Waals surface area contributed by atoms with E-state index in [1.54, 1.807) is 31.2 Å². The lowest BCUT2D eigenvalue weighted by Crippen LogP contribution is -2.44. The first-order valence-corrected chi connectivity index (χ1v) is 6.36. The molecule has 0 aliphatic carbocycles. The van der Waals surface area contributed by atoms with E-state index in [-0.39, 0.29) is 18.4 Å². The van der Waals surface area contributed by atoms with Crippen molar-refractivity contribution >= 4 is 11.8 Å². The number of rotatable bonds is 4. The van der Waals surface area contributed by atoms with E-state index in [2.05, 4.69) is 22.5 Å². The third-order valence-corrected chi connectivity index (χ3v) is 2.53. The number of aliphatic hydroxyl groups excluding tert-OH is 1. The lowest BCUT2D eigenvalue weighted by atomic mass is 10.1. The van der Waals surface area contributed by atoms with Crippen LogP contribution in [0.15, 0.2) is 24.3 Å². The molecule has 0 heterocycles. The van der Waals surface area contributed by atoms with Crippen LogP contribution in [0.4, 0.5) is 0 Å². The third kappa shape index (κ3) is 4.75. The molecule has 20 heavy (non-hydrogen) atoms. The molecule has 1 aromatic carbocycles. The van der Waals surface area contributed by atoms with Crippen molar-refractivity contribution in [3.8, 4) is 11.8 Å². The van der Waals surface area contributed by atoms with Gasteiger partial charge >= 0.3 is 0 Å². The van der Waals surface area contributed by atoms with Gasteiger partial charge in [-0.1, -0.05) is 17.9 Å². The molecule has 1 atom stereocenters. The van der Waals surface area contributed by atoms with E-state index in [1.165, 1.54) is 0 Å². The summed E-state index contributed by atoms with van der Waals surface area (Å²) in [6.07, 6.45) is 0. The average Bonchev–Trinajstić information content (AvgIpc) is 2.45. The van der Waals surface area contributed by atoms with Gasteiger partial charge in [-0.05, 0) is 32.0 Å². The van der Waals surface area contributed by atoms with Gasteiger partial charge in [-0.25, -0.2) is 0 Å². The molecular formula is C15H18N2O3. The summed E-state index contributed by atoms with van der Waals surface area (Å²) in [5, 5.41) is 13.9. The van der Waals surface area contributed by atoms with Gasteiger partial charge in [0.15, 0.2) is 0 Å². The van der Waals surface area contributed by atoms with Gasteiger partial charge in [0.05, 0.1) is 0 Å². The Morgan fingerprint density at radius 3 is 2.80 bits per heavy atom. The van der Waals surface area contributed by atoms with E-state index < -0.39 is 6.04 Å². The molecule has 3 N–H and O–H groups in total. The lowest BCUT2D eigenvalue weighted by molar-refractivity contribution is -0.122. The molecule has 2 amide bonds. The summed E-state index contributed by atoms with van der Waals surface area (Å²) >= 11 is 0. The summed E-state index contributed by atoms with van der Waals surface area (Å²) in [6, 6.07) is 6.10. The van der Waals surface area contributed by atoms with Crippen LogP contribution >= 0.6 is 0 Å². The van der Waals surface area contributed by atoms with Crippen molar-refractivity contribution in [1.82, 2.24) is 10.6 Å². The number of nitrogens with one attached hydrogen (secondary N) is 2. The van der Waals surface area contributed by atoms with Gasteiger partial charge in [-0.3, -0.25) is 9.59 Å². The molecule has 0 aromatic heterocycles. The van der Waals surface area contributed by atoms with Crippen molar-refractivity contribution in [1.29, 1.82) is 0 Å². The molecule has 0 saturated carbocycles. The van der Waals surface area contributed by atoms with Gasteiger partial charge in [0, 0.05) is 17.7 Å². The molecule has 0 spiro atoms.